The standard InChI is InChI=1S/C17H24P.C9H7.2ClH.Ti/c1-16(2,3)18(17(4,5)6)15-11-13-9-7-8-10-14(13)12-15;1-2-5-9-7-3-6-8(9)4-1;;;/h7-12H,1-6H3;1-7H;2*1H;/q;;;;+2/p-2. The maximum atomic E-state index is 2.58. The zero-order valence-electron chi connectivity index (χ0n) is 18.7. The van der Waals surface area contributed by atoms with Crippen LogP contribution in [0.2, 0.25) is 0 Å². The van der Waals surface area contributed by atoms with Crippen LogP contribution in [0.15, 0.2) is 59.9 Å². The summed E-state index contributed by atoms with van der Waals surface area (Å²) < 4.78 is 1.30. The number of halogens is 2. The Morgan fingerprint density at radius 3 is 1.87 bits per heavy atom. The van der Waals surface area contributed by atoms with E-state index in [1.54, 1.807) is 16.4 Å². The minimum Gasteiger partial charge on any atom is -1.00 e. The van der Waals surface area contributed by atoms with Gasteiger partial charge in [0, 0.05) is 0 Å². The summed E-state index contributed by atoms with van der Waals surface area (Å²) in [6, 6.07) is 18.2. The van der Waals surface area contributed by atoms with E-state index >= 15 is 0 Å². The van der Waals surface area contributed by atoms with Crippen LogP contribution in [0.4, 0.5) is 0 Å². The zero-order chi connectivity index (χ0) is 20.1. The molecule has 2 atom stereocenters. The molecule has 0 N–H and O–H groups in total. The molecule has 4 rings (SSSR count). The van der Waals surface area contributed by atoms with Crippen molar-refractivity contribution in [3.8, 4) is 0 Å². The van der Waals surface area contributed by atoms with Gasteiger partial charge in [0.15, 0.2) is 0 Å². The molecule has 0 radical (unpaired) electrons. The van der Waals surface area contributed by atoms with Crippen molar-refractivity contribution in [2.24, 2.45) is 0 Å². The summed E-state index contributed by atoms with van der Waals surface area (Å²) in [5.74, 6) is 0. The van der Waals surface area contributed by atoms with E-state index < -0.39 is 0 Å². The van der Waals surface area contributed by atoms with Crippen LogP contribution < -0.4 is 24.8 Å². The van der Waals surface area contributed by atoms with Crippen molar-refractivity contribution >= 4 is 20.1 Å². The Hall–Kier alpha value is -0.356. The van der Waals surface area contributed by atoms with Gasteiger partial charge in [-0.25, -0.2) is 0 Å². The second-order valence-electron chi connectivity index (χ2n) is 9.94. The van der Waals surface area contributed by atoms with Crippen LogP contribution in [0.25, 0.3) is 12.2 Å². The number of hydrogen-bond donors (Lipinski definition) is 0. The summed E-state index contributed by atoms with van der Waals surface area (Å²) in [5.41, 5.74) is 6.06. The van der Waals surface area contributed by atoms with E-state index in [1.165, 1.54) is 11.1 Å². The van der Waals surface area contributed by atoms with Crippen LogP contribution in [0.3, 0.4) is 0 Å². The number of benzene rings is 2. The minimum absolute atomic E-state index is 0. The quantitative estimate of drug-likeness (QED) is 0.454. The SMILES string of the molecule is CC(C)(C)P(C1=Cc2ccccc2[CH]1[Ti+2][CH]1C=Cc2ccccc21)C(C)(C)C.[Cl-].[Cl-]. The molecule has 0 bridgehead atoms. The Labute approximate surface area is 205 Å². The Balaban J connectivity index is 0.00000160. The Morgan fingerprint density at radius 2 is 1.27 bits per heavy atom. The molecule has 0 aliphatic heterocycles. The molecule has 158 valence electrons. The number of allylic oxidation sites excluding steroid dienone is 2. The monoisotopic (exact) mass is 492 g/mol. The molecule has 2 unspecified atom stereocenters. The summed E-state index contributed by atoms with van der Waals surface area (Å²) in [5, 5.41) is 2.39. The number of fused-ring (bicyclic) bond motifs is 2. The van der Waals surface area contributed by atoms with E-state index in [9.17, 15) is 0 Å². The Morgan fingerprint density at radius 1 is 0.733 bits per heavy atom. The normalized spacial score (nSPS) is 19.4. The summed E-state index contributed by atoms with van der Waals surface area (Å²) in [4.78, 5) is 0. The molecule has 30 heavy (non-hydrogen) atoms. The first-order chi connectivity index (χ1) is 13.2. The molecular formula is C26H31Cl2PTi. The molecule has 0 saturated carbocycles. The van der Waals surface area contributed by atoms with Gasteiger partial charge in [-0.2, -0.15) is 0 Å². The first-order valence-corrected chi connectivity index (χ1v) is 13.4. The van der Waals surface area contributed by atoms with E-state index in [0.717, 1.165) is 0 Å². The summed E-state index contributed by atoms with van der Waals surface area (Å²) in [6.45, 7) is 14.7. The molecule has 0 amide bonds. The van der Waals surface area contributed by atoms with Crippen LogP contribution in [0, 0.1) is 0 Å². The molecule has 2 aromatic carbocycles. The third-order valence-electron chi connectivity index (χ3n) is 5.65. The van der Waals surface area contributed by atoms with Crippen LogP contribution in [0.5, 0.6) is 0 Å². The van der Waals surface area contributed by atoms with Gasteiger partial charge in [-0.15, -0.1) is 0 Å². The smallest absolute Gasteiger partial charge is 1.00 e. The van der Waals surface area contributed by atoms with Gasteiger partial charge in [0.25, 0.3) is 0 Å². The number of hydrogen-bond acceptors (Lipinski definition) is 0. The number of rotatable bonds is 3. The van der Waals surface area contributed by atoms with Gasteiger partial charge in [-0.3, -0.25) is 0 Å². The topological polar surface area (TPSA) is 0 Å². The summed E-state index contributed by atoms with van der Waals surface area (Å²) >= 11 is -0.240. The third kappa shape index (κ3) is 5.00. The average Bonchev–Trinajstić information content (AvgIpc) is 3.15. The fourth-order valence-electron chi connectivity index (χ4n) is 5.03. The average molecular weight is 493 g/mol. The maximum Gasteiger partial charge on any atom is -1.00 e. The summed E-state index contributed by atoms with van der Waals surface area (Å²) in [6.07, 6.45) is 7.42. The van der Waals surface area contributed by atoms with Gasteiger partial charge in [0.2, 0.25) is 0 Å². The molecule has 2 aliphatic carbocycles. The van der Waals surface area contributed by atoms with E-state index in [1.807, 2.05) is 0 Å². The second-order valence-corrected chi connectivity index (χ2v) is 16.2. The zero-order valence-corrected chi connectivity index (χ0v) is 22.7. The van der Waals surface area contributed by atoms with Crippen molar-refractivity contribution in [2.45, 2.75) is 60.3 Å². The van der Waals surface area contributed by atoms with Crippen molar-refractivity contribution < 1.29 is 44.0 Å². The Bertz CT molecular complexity index is 936. The van der Waals surface area contributed by atoms with Crippen LogP contribution in [0.1, 0.15) is 72.2 Å². The second kappa shape index (κ2) is 9.64. The molecule has 2 aliphatic rings. The largest absolute Gasteiger partial charge is 1.00 e. The first-order valence-electron chi connectivity index (χ1n) is 10.3. The van der Waals surface area contributed by atoms with Gasteiger partial charge < -0.3 is 24.8 Å². The molecule has 0 heterocycles. The van der Waals surface area contributed by atoms with Gasteiger partial charge >= 0.3 is 182 Å². The van der Waals surface area contributed by atoms with Gasteiger partial charge in [0.05, 0.1) is 0 Å². The van der Waals surface area contributed by atoms with Crippen molar-refractivity contribution in [3.05, 3.63) is 82.2 Å². The first kappa shape index (κ1) is 25.9. The molecule has 0 nitrogen and oxygen atoms in total. The van der Waals surface area contributed by atoms with Crippen molar-refractivity contribution in [3.63, 3.8) is 0 Å². The van der Waals surface area contributed by atoms with Crippen LogP contribution in [-0.2, 0) is 19.2 Å². The van der Waals surface area contributed by atoms with Crippen molar-refractivity contribution in [1.82, 2.24) is 0 Å². The maximum absolute atomic E-state index is 2.58. The molecule has 0 fully saturated rings. The predicted molar refractivity (Wildman–Crippen MR) is 122 cm³/mol. The Kier molecular flexibility index (Phi) is 8.33. The van der Waals surface area contributed by atoms with Crippen LogP contribution in [-0.4, -0.2) is 10.3 Å². The third-order valence-corrected chi connectivity index (χ3v) is 12.5. The fourth-order valence-corrected chi connectivity index (χ4v) is 12.8. The van der Waals surface area contributed by atoms with Gasteiger partial charge in [-0.1, -0.05) is 0 Å². The molecule has 0 saturated heterocycles. The molecule has 2 aromatic rings. The molecule has 4 heteroatoms. The van der Waals surface area contributed by atoms with Crippen molar-refractivity contribution in [1.29, 1.82) is 0 Å². The minimum atomic E-state index is -0.249. The summed E-state index contributed by atoms with van der Waals surface area (Å²) in [7, 11) is -0.249. The van der Waals surface area contributed by atoms with E-state index in [4.69, 9.17) is 0 Å². The van der Waals surface area contributed by atoms with Gasteiger partial charge in [-0.05, 0) is 0 Å². The van der Waals surface area contributed by atoms with Crippen LogP contribution >= 0.6 is 7.92 Å². The molecule has 0 aromatic heterocycles. The van der Waals surface area contributed by atoms with E-state index in [0.29, 0.717) is 18.8 Å². The molecule has 0 spiro atoms. The van der Waals surface area contributed by atoms with Crippen molar-refractivity contribution in [2.75, 3.05) is 0 Å². The van der Waals surface area contributed by atoms with E-state index in [-0.39, 0.29) is 51.9 Å². The molecular weight excluding hydrogens is 462 g/mol. The van der Waals surface area contributed by atoms with Gasteiger partial charge in [0.1, 0.15) is 0 Å². The fraction of sp³-hybridized carbons (Fsp3) is 0.385. The van der Waals surface area contributed by atoms with E-state index in [2.05, 4.69) is 108 Å². The predicted octanol–water partition coefficient (Wildman–Crippen LogP) is 2.02.